The second-order valence-corrected chi connectivity index (χ2v) is 8.59. The first-order valence-electron chi connectivity index (χ1n) is 11.1. The average molecular weight is 393 g/mol. The van der Waals surface area contributed by atoms with Gasteiger partial charge in [0.25, 0.3) is 0 Å². The SMILES string of the molecule is CNCCCNc1nc(CN2CCN(C3CC=C4C[C@@H]43)CC2)nc2ccccc12. The molecular weight excluding hydrogens is 360 g/mol. The van der Waals surface area contributed by atoms with Crippen LogP contribution in [0.2, 0.25) is 0 Å². The highest BCUT2D eigenvalue weighted by molar-refractivity contribution is 5.88. The van der Waals surface area contributed by atoms with E-state index in [9.17, 15) is 0 Å². The number of anilines is 1. The van der Waals surface area contributed by atoms with Crippen molar-refractivity contribution in [2.24, 2.45) is 5.92 Å². The zero-order valence-corrected chi connectivity index (χ0v) is 17.4. The van der Waals surface area contributed by atoms with E-state index in [0.29, 0.717) is 0 Å². The Labute approximate surface area is 173 Å². The van der Waals surface area contributed by atoms with E-state index in [1.807, 2.05) is 7.05 Å². The topological polar surface area (TPSA) is 56.3 Å². The molecule has 2 heterocycles. The lowest BCUT2D eigenvalue weighted by atomic mass is 10.1. The molecule has 0 spiro atoms. The molecule has 6 nitrogen and oxygen atoms in total. The van der Waals surface area contributed by atoms with Crippen molar-refractivity contribution in [1.82, 2.24) is 25.1 Å². The average Bonchev–Trinajstić information content (AvgIpc) is 3.41. The summed E-state index contributed by atoms with van der Waals surface area (Å²) in [5.41, 5.74) is 2.75. The Balaban J connectivity index is 1.23. The molecule has 2 N–H and O–H groups in total. The lowest BCUT2D eigenvalue weighted by Crippen LogP contribution is -2.50. The smallest absolute Gasteiger partial charge is 0.145 e. The quantitative estimate of drug-likeness (QED) is 0.532. The summed E-state index contributed by atoms with van der Waals surface area (Å²) in [5, 5.41) is 7.84. The number of piperazine rings is 1. The number of rotatable bonds is 8. The van der Waals surface area contributed by atoms with E-state index in [-0.39, 0.29) is 0 Å². The van der Waals surface area contributed by atoms with Gasteiger partial charge in [0.05, 0.1) is 12.1 Å². The molecule has 6 heteroatoms. The van der Waals surface area contributed by atoms with Crippen LogP contribution in [-0.4, -0.2) is 72.1 Å². The molecule has 29 heavy (non-hydrogen) atoms. The van der Waals surface area contributed by atoms with Crippen LogP contribution >= 0.6 is 0 Å². The summed E-state index contributed by atoms with van der Waals surface area (Å²) in [4.78, 5) is 15.0. The Morgan fingerprint density at radius 1 is 1.07 bits per heavy atom. The van der Waals surface area contributed by atoms with Crippen molar-refractivity contribution in [2.45, 2.75) is 31.8 Å². The molecule has 1 aliphatic heterocycles. The first-order valence-corrected chi connectivity index (χ1v) is 11.1. The predicted molar refractivity (Wildman–Crippen MR) is 118 cm³/mol. The van der Waals surface area contributed by atoms with Gasteiger partial charge in [-0.2, -0.15) is 0 Å². The Hall–Kier alpha value is -2.02. The minimum absolute atomic E-state index is 0.789. The summed E-state index contributed by atoms with van der Waals surface area (Å²) in [5.74, 6) is 2.79. The zero-order valence-electron chi connectivity index (χ0n) is 17.4. The van der Waals surface area contributed by atoms with Crippen LogP contribution in [0.25, 0.3) is 10.9 Å². The lowest BCUT2D eigenvalue weighted by molar-refractivity contribution is 0.0862. The Bertz CT molecular complexity index is 886. The standard InChI is InChI=1S/C23H32N6/c1-24-9-4-10-25-23-18-5-2-3-6-20(18)26-22(27-23)16-28-11-13-29(14-12-28)21-8-7-17-15-19(17)21/h2-3,5-7,19,21,24H,4,8-16H2,1H3,(H,25,26,27)/t19-,21?/m0/s1. The van der Waals surface area contributed by atoms with Crippen molar-refractivity contribution in [2.75, 3.05) is 51.6 Å². The maximum atomic E-state index is 4.90. The summed E-state index contributed by atoms with van der Waals surface area (Å²) < 4.78 is 0. The molecule has 2 aromatic rings. The van der Waals surface area contributed by atoms with Gasteiger partial charge in [-0.3, -0.25) is 9.80 Å². The maximum Gasteiger partial charge on any atom is 0.145 e. The van der Waals surface area contributed by atoms with Crippen molar-refractivity contribution in [1.29, 1.82) is 0 Å². The van der Waals surface area contributed by atoms with Crippen LogP contribution in [-0.2, 0) is 6.54 Å². The monoisotopic (exact) mass is 392 g/mol. The minimum Gasteiger partial charge on any atom is -0.369 e. The van der Waals surface area contributed by atoms with Gasteiger partial charge < -0.3 is 10.6 Å². The molecule has 1 aromatic heterocycles. The molecule has 1 aromatic carbocycles. The molecule has 1 saturated carbocycles. The summed E-state index contributed by atoms with van der Waals surface area (Å²) in [6.45, 7) is 7.32. The molecule has 3 aliphatic rings. The number of nitrogens with one attached hydrogen (secondary N) is 2. The maximum absolute atomic E-state index is 4.90. The second-order valence-electron chi connectivity index (χ2n) is 8.59. The Kier molecular flexibility index (Phi) is 5.48. The van der Waals surface area contributed by atoms with Gasteiger partial charge in [0.2, 0.25) is 0 Å². The molecule has 1 unspecified atom stereocenters. The fourth-order valence-electron chi connectivity index (χ4n) is 4.91. The summed E-state index contributed by atoms with van der Waals surface area (Å²) in [6, 6.07) is 9.12. The van der Waals surface area contributed by atoms with Crippen LogP contribution in [0, 0.1) is 5.92 Å². The molecule has 0 bridgehead atoms. The van der Waals surface area contributed by atoms with Crippen molar-refractivity contribution in [3.8, 4) is 0 Å². The lowest BCUT2D eigenvalue weighted by Gasteiger charge is -2.38. The van der Waals surface area contributed by atoms with Gasteiger partial charge >= 0.3 is 0 Å². The molecule has 2 atom stereocenters. The largest absolute Gasteiger partial charge is 0.369 e. The molecule has 2 aliphatic carbocycles. The van der Waals surface area contributed by atoms with Gasteiger partial charge in [0.1, 0.15) is 11.6 Å². The third kappa shape index (κ3) is 4.15. The van der Waals surface area contributed by atoms with Gasteiger partial charge in [-0.1, -0.05) is 23.8 Å². The number of fused-ring (bicyclic) bond motifs is 2. The number of hydrogen-bond acceptors (Lipinski definition) is 6. The fraction of sp³-hybridized carbons (Fsp3) is 0.565. The van der Waals surface area contributed by atoms with Gasteiger partial charge in [0, 0.05) is 44.2 Å². The Morgan fingerprint density at radius 3 is 2.69 bits per heavy atom. The van der Waals surface area contributed by atoms with Crippen LogP contribution in [0.4, 0.5) is 5.82 Å². The molecule has 1 saturated heterocycles. The third-order valence-electron chi connectivity index (χ3n) is 6.64. The zero-order chi connectivity index (χ0) is 19.6. The first-order chi connectivity index (χ1) is 14.3. The van der Waals surface area contributed by atoms with Gasteiger partial charge in [0.15, 0.2) is 0 Å². The normalized spacial score (nSPS) is 24.5. The Morgan fingerprint density at radius 2 is 1.93 bits per heavy atom. The van der Waals surface area contributed by atoms with Crippen LogP contribution in [0.1, 0.15) is 25.1 Å². The minimum atomic E-state index is 0.789. The van der Waals surface area contributed by atoms with E-state index in [1.54, 1.807) is 5.57 Å². The highest BCUT2D eigenvalue weighted by atomic mass is 15.3. The van der Waals surface area contributed by atoms with Crippen molar-refractivity contribution >= 4 is 16.7 Å². The van der Waals surface area contributed by atoms with E-state index >= 15 is 0 Å². The van der Waals surface area contributed by atoms with Crippen LogP contribution < -0.4 is 10.6 Å². The van der Waals surface area contributed by atoms with Crippen LogP contribution in [0.3, 0.4) is 0 Å². The molecule has 0 radical (unpaired) electrons. The van der Waals surface area contributed by atoms with Gasteiger partial charge in [-0.05, 0) is 50.9 Å². The highest BCUT2D eigenvalue weighted by Gasteiger charge is 2.44. The number of nitrogens with zero attached hydrogens (tertiary/aromatic N) is 4. The second kappa shape index (κ2) is 8.38. The van der Waals surface area contributed by atoms with Crippen LogP contribution in [0.15, 0.2) is 35.9 Å². The third-order valence-corrected chi connectivity index (χ3v) is 6.64. The molecular formula is C23H32N6. The molecule has 0 amide bonds. The van der Waals surface area contributed by atoms with Gasteiger partial charge in [-0.15, -0.1) is 0 Å². The fourth-order valence-corrected chi connectivity index (χ4v) is 4.91. The van der Waals surface area contributed by atoms with Crippen molar-refractivity contribution < 1.29 is 0 Å². The first kappa shape index (κ1) is 19.0. The van der Waals surface area contributed by atoms with E-state index in [4.69, 9.17) is 9.97 Å². The molecule has 2 fully saturated rings. The van der Waals surface area contributed by atoms with E-state index in [0.717, 1.165) is 73.6 Å². The van der Waals surface area contributed by atoms with Gasteiger partial charge in [-0.25, -0.2) is 9.97 Å². The summed E-state index contributed by atoms with van der Waals surface area (Å²) in [7, 11) is 1.99. The predicted octanol–water partition coefficient (Wildman–Crippen LogP) is 2.49. The number of aromatic nitrogens is 2. The number of para-hydroxylation sites is 1. The number of benzene rings is 1. The van der Waals surface area contributed by atoms with Crippen molar-refractivity contribution in [3.63, 3.8) is 0 Å². The van der Waals surface area contributed by atoms with E-state index < -0.39 is 0 Å². The highest BCUT2D eigenvalue weighted by Crippen LogP contribution is 2.49. The number of hydrogen-bond donors (Lipinski definition) is 2. The van der Waals surface area contributed by atoms with Crippen molar-refractivity contribution in [3.05, 3.63) is 41.7 Å². The molecule has 154 valence electrons. The molecule has 5 rings (SSSR count). The van der Waals surface area contributed by atoms with Crippen LogP contribution in [0.5, 0.6) is 0 Å². The van der Waals surface area contributed by atoms with E-state index in [1.165, 1.54) is 25.9 Å². The summed E-state index contributed by atoms with van der Waals surface area (Å²) >= 11 is 0. The van der Waals surface area contributed by atoms with E-state index in [2.05, 4.69) is 50.8 Å². The summed E-state index contributed by atoms with van der Waals surface area (Å²) in [6.07, 6.45) is 6.19.